The number of phenols is 1. The van der Waals surface area contributed by atoms with Crippen LogP contribution >= 0.6 is 15.9 Å². The number of hydrogen-bond donors (Lipinski definition) is 2. The van der Waals surface area contributed by atoms with Crippen LogP contribution in [0.25, 0.3) is 5.69 Å². The van der Waals surface area contributed by atoms with Gasteiger partial charge in [-0.15, -0.1) is 0 Å². The Morgan fingerprint density at radius 3 is 2.58 bits per heavy atom. The minimum atomic E-state index is -0.302. The summed E-state index contributed by atoms with van der Waals surface area (Å²) >= 11 is 3.27. The van der Waals surface area contributed by atoms with Crippen LogP contribution in [0.1, 0.15) is 5.56 Å². The second-order valence-corrected chi connectivity index (χ2v) is 5.65. The maximum atomic E-state index is 12.4. The van der Waals surface area contributed by atoms with Gasteiger partial charge in [-0.05, 0) is 40.2 Å². The molecule has 0 aliphatic heterocycles. The third-order valence-corrected chi connectivity index (χ3v) is 4.01. The molecule has 24 heavy (non-hydrogen) atoms. The summed E-state index contributed by atoms with van der Waals surface area (Å²) in [6, 6.07) is 15.9. The number of anilines is 1. The summed E-state index contributed by atoms with van der Waals surface area (Å²) in [5, 5.41) is 17.8. The van der Waals surface area contributed by atoms with Gasteiger partial charge in [0.05, 0.1) is 23.8 Å². The van der Waals surface area contributed by atoms with E-state index in [2.05, 4.69) is 31.6 Å². The molecule has 2 aromatic carbocycles. The number of aromatic hydroxyl groups is 1. The lowest BCUT2D eigenvalue weighted by Gasteiger charge is -2.07. The maximum absolute atomic E-state index is 12.4. The molecule has 1 aromatic heterocycles. The zero-order valence-corrected chi connectivity index (χ0v) is 14.0. The van der Waals surface area contributed by atoms with Gasteiger partial charge in [-0.25, -0.2) is 0 Å². The molecule has 0 saturated heterocycles. The average Bonchev–Trinajstić information content (AvgIpc) is 2.61. The van der Waals surface area contributed by atoms with Crippen molar-refractivity contribution in [3.8, 4) is 11.4 Å². The van der Waals surface area contributed by atoms with Crippen molar-refractivity contribution in [3.63, 3.8) is 0 Å². The highest BCUT2D eigenvalue weighted by atomic mass is 79.9. The van der Waals surface area contributed by atoms with Crippen molar-refractivity contribution < 1.29 is 5.11 Å². The molecule has 7 heteroatoms. The van der Waals surface area contributed by atoms with E-state index in [1.165, 1.54) is 17.1 Å². The molecule has 0 atom stereocenters. The fraction of sp³-hybridized carbons (Fsp3) is 0. The first kappa shape index (κ1) is 15.9. The van der Waals surface area contributed by atoms with Crippen molar-refractivity contribution in [1.29, 1.82) is 0 Å². The predicted octanol–water partition coefficient (Wildman–Crippen LogP) is 3.15. The van der Waals surface area contributed by atoms with Crippen LogP contribution in [-0.4, -0.2) is 21.1 Å². The molecule has 120 valence electrons. The summed E-state index contributed by atoms with van der Waals surface area (Å²) in [5.74, 6) is 0.125. The Morgan fingerprint density at radius 1 is 1.12 bits per heavy atom. The van der Waals surface area contributed by atoms with Gasteiger partial charge in [0.15, 0.2) is 0 Å². The number of hydrogen-bond acceptors (Lipinski definition) is 5. The molecular weight excluding hydrogens is 372 g/mol. The molecule has 0 aliphatic rings. The highest BCUT2D eigenvalue weighted by Crippen LogP contribution is 2.18. The minimum Gasteiger partial charge on any atom is -0.507 e. The summed E-state index contributed by atoms with van der Waals surface area (Å²) in [6.07, 6.45) is 2.96. The van der Waals surface area contributed by atoms with E-state index in [9.17, 15) is 9.90 Å². The average molecular weight is 385 g/mol. The topological polar surface area (TPSA) is 79.5 Å². The lowest BCUT2D eigenvalue weighted by atomic mass is 10.2. The van der Waals surface area contributed by atoms with E-state index in [0.29, 0.717) is 21.4 Å². The summed E-state index contributed by atoms with van der Waals surface area (Å²) < 4.78 is 1.61. The number of halogens is 1. The smallest absolute Gasteiger partial charge is 0.287 e. The van der Waals surface area contributed by atoms with Crippen LogP contribution in [0.5, 0.6) is 5.75 Å². The second-order valence-electron chi connectivity index (χ2n) is 4.85. The van der Waals surface area contributed by atoms with Gasteiger partial charge in [0, 0.05) is 5.56 Å². The summed E-state index contributed by atoms with van der Waals surface area (Å²) in [5.41, 5.74) is 4.11. The van der Waals surface area contributed by atoms with Crippen LogP contribution in [0, 0.1) is 0 Å². The van der Waals surface area contributed by atoms with Gasteiger partial charge < -0.3 is 5.11 Å². The molecule has 6 nitrogen and oxygen atoms in total. The van der Waals surface area contributed by atoms with Crippen molar-refractivity contribution >= 4 is 27.8 Å². The Hall–Kier alpha value is -2.93. The summed E-state index contributed by atoms with van der Waals surface area (Å²) in [6.45, 7) is 0. The van der Waals surface area contributed by atoms with Crippen molar-refractivity contribution in [2.75, 3.05) is 5.43 Å². The molecule has 0 unspecified atom stereocenters. The first-order chi connectivity index (χ1) is 11.7. The van der Waals surface area contributed by atoms with E-state index in [0.717, 1.165) is 0 Å². The van der Waals surface area contributed by atoms with Gasteiger partial charge in [-0.1, -0.05) is 30.3 Å². The number of benzene rings is 2. The molecule has 0 aliphatic carbocycles. The van der Waals surface area contributed by atoms with Crippen LogP contribution < -0.4 is 11.0 Å². The third-order valence-electron chi connectivity index (χ3n) is 3.25. The zero-order chi connectivity index (χ0) is 16.9. The van der Waals surface area contributed by atoms with E-state index < -0.39 is 0 Å². The van der Waals surface area contributed by atoms with Gasteiger partial charge in [-0.2, -0.15) is 14.9 Å². The van der Waals surface area contributed by atoms with Gasteiger partial charge in [0.25, 0.3) is 5.56 Å². The Bertz CT molecular complexity index is 939. The standard InChI is InChI=1S/C17H13BrN4O2/c18-16-14(21-19-10-12-6-4-5-9-15(12)23)11-20-22(17(16)24)13-7-2-1-3-8-13/h1-11,21,23H. The molecule has 0 radical (unpaired) electrons. The van der Waals surface area contributed by atoms with Crippen LogP contribution in [0.15, 0.2) is 75.2 Å². The maximum Gasteiger partial charge on any atom is 0.287 e. The van der Waals surface area contributed by atoms with Gasteiger partial charge in [0.2, 0.25) is 0 Å². The van der Waals surface area contributed by atoms with Crippen molar-refractivity contribution in [1.82, 2.24) is 9.78 Å². The van der Waals surface area contributed by atoms with E-state index in [1.54, 1.807) is 36.4 Å². The molecule has 3 aromatic rings. The zero-order valence-electron chi connectivity index (χ0n) is 12.4. The first-order valence-electron chi connectivity index (χ1n) is 7.07. The Kier molecular flexibility index (Phi) is 4.72. The van der Waals surface area contributed by atoms with Gasteiger partial charge in [0.1, 0.15) is 10.2 Å². The van der Waals surface area contributed by atoms with Crippen LogP contribution in [0.2, 0.25) is 0 Å². The highest BCUT2D eigenvalue weighted by Gasteiger charge is 2.09. The molecule has 0 bridgehead atoms. The van der Waals surface area contributed by atoms with E-state index in [4.69, 9.17) is 0 Å². The molecule has 0 spiro atoms. The minimum absolute atomic E-state index is 0.125. The summed E-state index contributed by atoms with van der Waals surface area (Å²) in [4.78, 5) is 12.4. The molecule has 0 saturated carbocycles. The van der Waals surface area contributed by atoms with E-state index >= 15 is 0 Å². The van der Waals surface area contributed by atoms with Gasteiger partial charge >= 0.3 is 0 Å². The van der Waals surface area contributed by atoms with Gasteiger partial charge in [-0.3, -0.25) is 10.2 Å². The van der Waals surface area contributed by atoms with E-state index in [-0.39, 0.29) is 11.3 Å². The van der Waals surface area contributed by atoms with Crippen molar-refractivity contribution in [2.24, 2.45) is 5.10 Å². The van der Waals surface area contributed by atoms with Crippen LogP contribution in [-0.2, 0) is 0 Å². The van der Waals surface area contributed by atoms with E-state index in [1.807, 2.05) is 18.2 Å². The predicted molar refractivity (Wildman–Crippen MR) is 96.9 cm³/mol. The number of phenolic OH excluding ortho intramolecular Hbond substituents is 1. The van der Waals surface area contributed by atoms with Crippen molar-refractivity contribution in [3.05, 3.63) is 81.2 Å². The lowest BCUT2D eigenvalue weighted by molar-refractivity contribution is 0.474. The number of rotatable bonds is 4. The van der Waals surface area contributed by atoms with Crippen LogP contribution in [0.4, 0.5) is 5.69 Å². The number of nitrogens with one attached hydrogen (secondary N) is 1. The molecule has 1 heterocycles. The number of aromatic nitrogens is 2. The Labute approximate surface area is 146 Å². The molecule has 0 fully saturated rings. The lowest BCUT2D eigenvalue weighted by Crippen LogP contribution is -2.22. The highest BCUT2D eigenvalue weighted by molar-refractivity contribution is 9.10. The number of para-hydroxylation sites is 2. The third kappa shape index (κ3) is 3.36. The number of hydrazone groups is 1. The Morgan fingerprint density at radius 2 is 1.83 bits per heavy atom. The quantitative estimate of drug-likeness (QED) is 0.534. The van der Waals surface area contributed by atoms with Crippen LogP contribution in [0.3, 0.4) is 0 Å². The summed E-state index contributed by atoms with van der Waals surface area (Å²) in [7, 11) is 0. The monoisotopic (exact) mass is 384 g/mol. The SMILES string of the molecule is O=c1c(Br)c(NN=Cc2ccccc2O)cnn1-c1ccccc1. The Balaban J connectivity index is 1.84. The molecule has 0 amide bonds. The second kappa shape index (κ2) is 7.10. The molecule has 2 N–H and O–H groups in total. The fourth-order valence-corrected chi connectivity index (χ4v) is 2.39. The largest absolute Gasteiger partial charge is 0.507 e. The number of nitrogens with zero attached hydrogens (tertiary/aromatic N) is 3. The van der Waals surface area contributed by atoms with Crippen molar-refractivity contribution in [2.45, 2.75) is 0 Å². The normalized spacial score (nSPS) is 10.9. The first-order valence-corrected chi connectivity index (χ1v) is 7.86. The molecular formula is C17H13BrN4O2. The fourth-order valence-electron chi connectivity index (χ4n) is 2.03. The molecule has 3 rings (SSSR count).